The van der Waals surface area contributed by atoms with Gasteiger partial charge in [0.05, 0.1) is 13.2 Å². The Balaban J connectivity index is 2.18. The van der Waals surface area contributed by atoms with Crippen LogP contribution < -0.4 is 4.74 Å². The number of benzene rings is 2. The average Bonchev–Trinajstić information content (AvgIpc) is 2.53. The zero-order chi connectivity index (χ0) is 15.2. The van der Waals surface area contributed by atoms with Gasteiger partial charge in [0, 0.05) is 5.56 Å². The van der Waals surface area contributed by atoms with Crippen LogP contribution in [0.3, 0.4) is 0 Å². The Morgan fingerprint density at radius 3 is 2.19 bits per heavy atom. The zero-order valence-corrected chi connectivity index (χ0v) is 12.7. The molecule has 3 nitrogen and oxygen atoms in total. The molecule has 2 rings (SSSR count). The number of carbonyl (C=O) groups excluding carboxylic acids is 1. The Morgan fingerprint density at radius 1 is 1.05 bits per heavy atom. The van der Waals surface area contributed by atoms with Gasteiger partial charge >= 0.3 is 0 Å². The van der Waals surface area contributed by atoms with E-state index in [2.05, 4.69) is 12.1 Å². The molecule has 0 bridgehead atoms. The maximum absolute atomic E-state index is 12.7. The Morgan fingerprint density at radius 2 is 1.67 bits per heavy atom. The lowest BCUT2D eigenvalue weighted by Crippen LogP contribution is -2.37. The van der Waals surface area contributed by atoms with Crippen molar-refractivity contribution in [2.24, 2.45) is 0 Å². The molecule has 0 N–H and O–H groups in total. The first kappa shape index (κ1) is 15.3. The molecule has 110 valence electrons. The van der Waals surface area contributed by atoms with Crippen molar-refractivity contribution in [1.82, 2.24) is 4.90 Å². The van der Waals surface area contributed by atoms with Gasteiger partial charge in [-0.3, -0.25) is 9.69 Å². The molecule has 0 amide bonds. The van der Waals surface area contributed by atoms with Crippen LogP contribution >= 0.6 is 0 Å². The van der Waals surface area contributed by atoms with Gasteiger partial charge in [0.15, 0.2) is 5.78 Å². The van der Waals surface area contributed by atoms with Gasteiger partial charge in [-0.2, -0.15) is 0 Å². The van der Waals surface area contributed by atoms with Crippen LogP contribution in [-0.4, -0.2) is 37.9 Å². The number of ether oxygens (including phenoxy) is 1. The average molecular weight is 283 g/mol. The predicted molar refractivity (Wildman–Crippen MR) is 84.9 cm³/mol. The van der Waals surface area contributed by atoms with E-state index in [1.54, 1.807) is 7.11 Å². The van der Waals surface area contributed by atoms with Crippen LogP contribution in [0.1, 0.15) is 15.9 Å². The molecule has 0 aliphatic rings. The summed E-state index contributed by atoms with van der Waals surface area (Å²) >= 11 is 0. The smallest absolute Gasteiger partial charge is 0.180 e. The molecular formula is C18H21NO2. The zero-order valence-electron chi connectivity index (χ0n) is 12.7. The lowest BCUT2D eigenvalue weighted by Gasteiger charge is -2.23. The fourth-order valence-electron chi connectivity index (χ4n) is 2.29. The highest BCUT2D eigenvalue weighted by molar-refractivity contribution is 6.00. The van der Waals surface area contributed by atoms with E-state index in [9.17, 15) is 4.79 Å². The maximum atomic E-state index is 12.7. The van der Waals surface area contributed by atoms with Crippen molar-refractivity contribution in [3.8, 4) is 5.75 Å². The fraction of sp³-hybridized carbons (Fsp3) is 0.278. The molecule has 1 atom stereocenters. The molecule has 2 aromatic rings. The molecule has 0 aliphatic heterocycles. The van der Waals surface area contributed by atoms with Gasteiger partial charge in [0.25, 0.3) is 0 Å². The summed E-state index contributed by atoms with van der Waals surface area (Å²) in [5, 5.41) is 0. The standard InChI is InChI=1S/C18H21NO2/c1-19(2)17(13-14-7-5-4-6-8-14)18(20)15-9-11-16(21-3)12-10-15/h4-12,17H,13H2,1-3H3/t17-/m1/s1. The third-order valence-corrected chi connectivity index (χ3v) is 3.57. The second-order valence-electron chi connectivity index (χ2n) is 5.26. The Hall–Kier alpha value is -2.13. The molecule has 0 aromatic heterocycles. The van der Waals surface area contributed by atoms with Crippen LogP contribution in [0.15, 0.2) is 54.6 Å². The predicted octanol–water partition coefficient (Wildman–Crippen LogP) is 3.05. The highest BCUT2D eigenvalue weighted by Crippen LogP contribution is 2.16. The van der Waals surface area contributed by atoms with Crippen molar-refractivity contribution in [3.63, 3.8) is 0 Å². The molecular weight excluding hydrogens is 262 g/mol. The number of hydrogen-bond donors (Lipinski definition) is 0. The van der Waals surface area contributed by atoms with Crippen LogP contribution in [0.5, 0.6) is 5.75 Å². The molecule has 0 aliphatic carbocycles. The minimum Gasteiger partial charge on any atom is -0.497 e. The minimum atomic E-state index is -0.166. The first-order valence-corrected chi connectivity index (χ1v) is 7.00. The summed E-state index contributed by atoms with van der Waals surface area (Å²) in [6, 6.07) is 17.2. The lowest BCUT2D eigenvalue weighted by atomic mass is 9.97. The minimum absolute atomic E-state index is 0.131. The normalized spacial score (nSPS) is 12.2. The van der Waals surface area contributed by atoms with Crippen molar-refractivity contribution in [2.75, 3.05) is 21.2 Å². The van der Waals surface area contributed by atoms with Gasteiger partial charge in [-0.15, -0.1) is 0 Å². The summed E-state index contributed by atoms with van der Waals surface area (Å²) in [7, 11) is 5.50. The summed E-state index contributed by atoms with van der Waals surface area (Å²) in [6.45, 7) is 0. The van der Waals surface area contributed by atoms with Crippen LogP contribution in [0, 0.1) is 0 Å². The molecule has 0 radical (unpaired) electrons. The largest absolute Gasteiger partial charge is 0.497 e. The molecule has 0 saturated heterocycles. The number of likely N-dealkylation sites (N-methyl/N-ethyl adjacent to an activating group) is 1. The van der Waals surface area contributed by atoms with E-state index in [4.69, 9.17) is 4.74 Å². The van der Waals surface area contributed by atoms with Crippen LogP contribution in [0.25, 0.3) is 0 Å². The van der Waals surface area contributed by atoms with Crippen molar-refractivity contribution in [1.29, 1.82) is 0 Å². The first-order valence-electron chi connectivity index (χ1n) is 7.00. The van der Waals surface area contributed by atoms with Crippen molar-refractivity contribution < 1.29 is 9.53 Å². The van der Waals surface area contributed by atoms with E-state index < -0.39 is 0 Å². The SMILES string of the molecule is COc1ccc(C(=O)[C@@H](Cc2ccccc2)N(C)C)cc1. The highest BCUT2D eigenvalue weighted by Gasteiger charge is 2.22. The summed E-state index contributed by atoms with van der Waals surface area (Å²) in [4.78, 5) is 14.7. The molecule has 0 unspecified atom stereocenters. The number of Topliss-reactive ketones (excluding diaryl/α,β-unsaturated/α-hetero) is 1. The monoisotopic (exact) mass is 283 g/mol. The number of rotatable bonds is 6. The van der Waals surface area contributed by atoms with Gasteiger partial charge in [-0.05, 0) is 50.3 Å². The van der Waals surface area contributed by atoms with E-state index in [1.807, 2.05) is 61.5 Å². The van der Waals surface area contributed by atoms with Gasteiger partial charge in [0.2, 0.25) is 0 Å². The van der Waals surface area contributed by atoms with E-state index in [1.165, 1.54) is 0 Å². The summed E-state index contributed by atoms with van der Waals surface area (Å²) < 4.78 is 5.13. The van der Waals surface area contributed by atoms with E-state index >= 15 is 0 Å². The van der Waals surface area contributed by atoms with Crippen LogP contribution in [0.2, 0.25) is 0 Å². The number of nitrogens with zero attached hydrogens (tertiary/aromatic N) is 1. The van der Waals surface area contributed by atoms with Gasteiger partial charge in [-0.25, -0.2) is 0 Å². The topological polar surface area (TPSA) is 29.5 Å². The lowest BCUT2D eigenvalue weighted by molar-refractivity contribution is 0.0875. The number of hydrogen-bond acceptors (Lipinski definition) is 3. The van der Waals surface area contributed by atoms with E-state index in [0.717, 1.165) is 11.3 Å². The van der Waals surface area contributed by atoms with Gasteiger partial charge in [0.1, 0.15) is 5.75 Å². The summed E-state index contributed by atoms with van der Waals surface area (Å²) in [5.41, 5.74) is 1.88. The van der Waals surface area contributed by atoms with Crippen molar-refractivity contribution in [2.45, 2.75) is 12.5 Å². The third kappa shape index (κ3) is 3.92. The van der Waals surface area contributed by atoms with Gasteiger partial charge < -0.3 is 4.74 Å². The highest BCUT2D eigenvalue weighted by atomic mass is 16.5. The fourth-order valence-corrected chi connectivity index (χ4v) is 2.29. The second-order valence-corrected chi connectivity index (χ2v) is 5.26. The van der Waals surface area contributed by atoms with E-state index in [-0.39, 0.29) is 11.8 Å². The number of ketones is 1. The van der Waals surface area contributed by atoms with Crippen molar-refractivity contribution in [3.05, 3.63) is 65.7 Å². The number of methoxy groups -OCH3 is 1. The molecule has 0 fully saturated rings. The summed E-state index contributed by atoms with van der Waals surface area (Å²) in [6.07, 6.45) is 0.707. The third-order valence-electron chi connectivity index (χ3n) is 3.57. The molecule has 3 heteroatoms. The van der Waals surface area contributed by atoms with Crippen LogP contribution in [-0.2, 0) is 6.42 Å². The Labute approximate surface area is 126 Å². The quantitative estimate of drug-likeness (QED) is 0.763. The molecule has 0 spiro atoms. The molecule has 21 heavy (non-hydrogen) atoms. The first-order chi connectivity index (χ1) is 10.1. The van der Waals surface area contributed by atoms with Crippen LogP contribution in [0.4, 0.5) is 0 Å². The summed E-state index contributed by atoms with van der Waals surface area (Å²) in [5.74, 6) is 0.891. The Kier molecular flexibility index (Phi) is 5.12. The van der Waals surface area contributed by atoms with Gasteiger partial charge in [-0.1, -0.05) is 30.3 Å². The molecule has 0 saturated carbocycles. The maximum Gasteiger partial charge on any atom is 0.180 e. The molecule has 0 heterocycles. The van der Waals surface area contributed by atoms with Crippen molar-refractivity contribution >= 4 is 5.78 Å². The Bertz CT molecular complexity index is 576. The van der Waals surface area contributed by atoms with E-state index in [0.29, 0.717) is 12.0 Å². The number of carbonyl (C=O) groups is 1. The molecule has 2 aromatic carbocycles. The second kappa shape index (κ2) is 7.04.